The highest BCUT2D eigenvalue weighted by atomic mass is 16.7. The van der Waals surface area contributed by atoms with E-state index in [0.29, 0.717) is 12.1 Å². The lowest BCUT2D eigenvalue weighted by atomic mass is 10.1. The predicted molar refractivity (Wildman–Crippen MR) is 138 cm³/mol. The first-order valence-corrected chi connectivity index (χ1v) is 13.0. The number of carbonyl (C=O) groups excluding carboxylic acids is 1. The zero-order valence-corrected chi connectivity index (χ0v) is 21.2. The number of nitrogens with zero attached hydrogens (tertiary/aromatic N) is 4. The third kappa shape index (κ3) is 6.03. The highest BCUT2D eigenvalue weighted by molar-refractivity contribution is 5.94. The Kier molecular flexibility index (Phi) is 8.10. The van der Waals surface area contributed by atoms with Crippen LogP contribution in [0.5, 0.6) is 0 Å². The molecule has 0 saturated carbocycles. The summed E-state index contributed by atoms with van der Waals surface area (Å²) in [6, 6.07) is 7.89. The number of piperazine rings is 1. The second-order valence-electron chi connectivity index (χ2n) is 9.50. The van der Waals surface area contributed by atoms with E-state index in [0.717, 1.165) is 101 Å². The second-order valence-corrected chi connectivity index (χ2v) is 9.50. The summed E-state index contributed by atoms with van der Waals surface area (Å²) in [5.41, 5.74) is 3.02. The normalized spacial score (nSPS) is 20.8. The van der Waals surface area contributed by atoms with Crippen LogP contribution in [0.15, 0.2) is 59.7 Å². The predicted octanol–water partition coefficient (Wildman–Crippen LogP) is 2.51. The molecule has 9 nitrogen and oxygen atoms in total. The molecule has 4 aliphatic rings. The number of hydrogen-bond donors (Lipinski definition) is 1. The minimum atomic E-state index is 0.000348. The van der Waals surface area contributed by atoms with Gasteiger partial charge in [-0.25, -0.2) is 0 Å². The van der Waals surface area contributed by atoms with Crippen LogP contribution in [0.25, 0.3) is 0 Å². The van der Waals surface area contributed by atoms with Crippen molar-refractivity contribution in [1.29, 1.82) is 0 Å². The molecule has 2 saturated heterocycles. The Bertz CT molecular complexity index is 992. The maximum atomic E-state index is 12.5. The average molecular weight is 496 g/mol. The summed E-state index contributed by atoms with van der Waals surface area (Å²) in [6.07, 6.45) is 8.84. The van der Waals surface area contributed by atoms with E-state index in [1.807, 2.05) is 41.6 Å². The molecule has 3 aliphatic heterocycles. The Balaban J connectivity index is 0.960. The monoisotopic (exact) mass is 495 g/mol. The molecule has 1 aromatic carbocycles. The van der Waals surface area contributed by atoms with Gasteiger partial charge < -0.3 is 29.4 Å². The molecule has 0 aromatic heterocycles. The molecule has 3 heterocycles. The number of fused-ring (bicyclic) bond motifs is 1. The summed E-state index contributed by atoms with van der Waals surface area (Å²) in [5.74, 6) is 1.87. The SMILES string of the molecule is COC1=CC=C2ON(N3CCN(CCCCNC(=O)c4ccc(N5CCOCC5)cc4)CC3)C=C2C1. The molecule has 0 unspecified atom stereocenters. The fraction of sp³-hybridized carbons (Fsp3) is 0.519. The largest absolute Gasteiger partial charge is 0.501 e. The van der Waals surface area contributed by atoms with Crippen molar-refractivity contribution in [2.24, 2.45) is 0 Å². The number of carbonyl (C=O) groups is 1. The lowest BCUT2D eigenvalue weighted by molar-refractivity contribution is -0.219. The van der Waals surface area contributed by atoms with Crippen molar-refractivity contribution in [2.75, 3.05) is 77.6 Å². The molecule has 1 aromatic rings. The smallest absolute Gasteiger partial charge is 0.251 e. The Morgan fingerprint density at radius 3 is 2.53 bits per heavy atom. The zero-order valence-electron chi connectivity index (χ0n) is 21.2. The van der Waals surface area contributed by atoms with E-state index < -0.39 is 0 Å². The van der Waals surface area contributed by atoms with Gasteiger partial charge in [0.15, 0.2) is 5.76 Å². The highest BCUT2D eigenvalue weighted by Crippen LogP contribution is 2.32. The minimum Gasteiger partial charge on any atom is -0.501 e. The molecule has 1 amide bonds. The molecule has 9 heteroatoms. The van der Waals surface area contributed by atoms with Crippen molar-refractivity contribution >= 4 is 11.6 Å². The Hall–Kier alpha value is -3.01. The first-order chi connectivity index (χ1) is 17.7. The van der Waals surface area contributed by atoms with E-state index in [4.69, 9.17) is 14.3 Å². The van der Waals surface area contributed by atoms with Gasteiger partial charge in [0, 0.05) is 69.1 Å². The molecule has 0 radical (unpaired) electrons. The number of hydrazine groups is 1. The Morgan fingerprint density at radius 1 is 1.00 bits per heavy atom. The third-order valence-electron chi connectivity index (χ3n) is 7.14. The Labute approximate surface area is 213 Å². The van der Waals surface area contributed by atoms with Crippen molar-refractivity contribution < 1.29 is 19.1 Å². The number of hydrogen-bond acceptors (Lipinski definition) is 8. The van der Waals surface area contributed by atoms with E-state index in [2.05, 4.69) is 26.3 Å². The van der Waals surface area contributed by atoms with Gasteiger partial charge in [0.1, 0.15) is 5.76 Å². The third-order valence-corrected chi connectivity index (χ3v) is 7.14. The second kappa shape index (κ2) is 11.8. The molecule has 0 atom stereocenters. The fourth-order valence-electron chi connectivity index (χ4n) is 4.92. The van der Waals surface area contributed by atoms with Crippen molar-refractivity contribution in [3.63, 3.8) is 0 Å². The number of anilines is 1. The number of amides is 1. The molecular formula is C27H37N5O4. The van der Waals surface area contributed by atoms with Crippen LogP contribution >= 0.6 is 0 Å². The topological polar surface area (TPSA) is 69.8 Å². The first kappa shape index (κ1) is 24.7. The number of benzene rings is 1. The number of methoxy groups -OCH3 is 1. The summed E-state index contributed by atoms with van der Waals surface area (Å²) in [6.45, 7) is 8.93. The Morgan fingerprint density at radius 2 is 1.78 bits per heavy atom. The van der Waals surface area contributed by atoms with Gasteiger partial charge in [0.05, 0.1) is 26.5 Å². The highest BCUT2D eigenvalue weighted by Gasteiger charge is 2.29. The van der Waals surface area contributed by atoms with Gasteiger partial charge in [-0.1, -0.05) is 0 Å². The summed E-state index contributed by atoms with van der Waals surface area (Å²) < 4.78 is 10.8. The molecule has 36 heavy (non-hydrogen) atoms. The van der Waals surface area contributed by atoms with Gasteiger partial charge in [-0.2, -0.15) is 5.01 Å². The quantitative estimate of drug-likeness (QED) is 0.525. The van der Waals surface area contributed by atoms with E-state index in [9.17, 15) is 4.79 Å². The first-order valence-electron chi connectivity index (χ1n) is 13.0. The minimum absolute atomic E-state index is 0.000348. The molecule has 0 bridgehead atoms. The van der Waals surface area contributed by atoms with Gasteiger partial charge in [0.25, 0.3) is 5.91 Å². The molecule has 1 N–H and O–H groups in total. The molecule has 1 aliphatic carbocycles. The standard InChI is InChI=1S/C27H37N5O4/c1-34-25-8-9-26-23(20-25)21-32(36-26)31-14-12-29(13-15-31)11-3-2-10-28-27(33)22-4-6-24(7-5-22)30-16-18-35-19-17-30/h4-9,21H,2-3,10-20H2,1H3,(H,28,33). The number of morpholine rings is 1. The molecule has 0 spiro atoms. The van der Waals surface area contributed by atoms with Gasteiger partial charge in [-0.3, -0.25) is 4.79 Å². The van der Waals surface area contributed by atoms with Gasteiger partial charge in [-0.15, -0.1) is 5.17 Å². The van der Waals surface area contributed by atoms with Crippen molar-refractivity contribution in [2.45, 2.75) is 19.3 Å². The molecule has 2 fully saturated rings. The summed E-state index contributed by atoms with van der Waals surface area (Å²) in [7, 11) is 1.71. The molecular weight excluding hydrogens is 458 g/mol. The van der Waals surface area contributed by atoms with E-state index in [1.165, 1.54) is 0 Å². The van der Waals surface area contributed by atoms with Crippen molar-refractivity contribution in [1.82, 2.24) is 20.4 Å². The number of allylic oxidation sites excluding steroid dienone is 4. The van der Waals surface area contributed by atoms with Crippen molar-refractivity contribution in [3.05, 3.63) is 65.3 Å². The van der Waals surface area contributed by atoms with E-state index >= 15 is 0 Å². The van der Waals surface area contributed by atoms with Crippen LogP contribution in [0.4, 0.5) is 5.69 Å². The lowest BCUT2D eigenvalue weighted by Gasteiger charge is -2.38. The number of hydroxylamine groups is 1. The van der Waals surface area contributed by atoms with Gasteiger partial charge in [-0.05, 0) is 55.8 Å². The van der Waals surface area contributed by atoms with Crippen LogP contribution in [0.1, 0.15) is 29.6 Å². The van der Waals surface area contributed by atoms with Crippen LogP contribution in [0.2, 0.25) is 0 Å². The molecule has 5 rings (SSSR count). The van der Waals surface area contributed by atoms with Crippen molar-refractivity contribution in [3.8, 4) is 0 Å². The average Bonchev–Trinajstić information content (AvgIpc) is 3.37. The van der Waals surface area contributed by atoms with Crippen LogP contribution in [-0.2, 0) is 14.3 Å². The van der Waals surface area contributed by atoms with Gasteiger partial charge in [0.2, 0.25) is 0 Å². The number of rotatable bonds is 9. The van der Waals surface area contributed by atoms with Crippen LogP contribution in [0, 0.1) is 0 Å². The summed E-state index contributed by atoms with van der Waals surface area (Å²) in [4.78, 5) is 23.3. The van der Waals surface area contributed by atoms with E-state index in [1.54, 1.807) is 7.11 Å². The fourth-order valence-corrected chi connectivity index (χ4v) is 4.92. The van der Waals surface area contributed by atoms with Crippen LogP contribution < -0.4 is 10.2 Å². The zero-order chi connectivity index (χ0) is 24.7. The summed E-state index contributed by atoms with van der Waals surface area (Å²) in [5, 5.41) is 7.20. The van der Waals surface area contributed by atoms with Crippen LogP contribution in [-0.4, -0.2) is 93.7 Å². The molecule has 194 valence electrons. The number of unbranched alkanes of at least 4 members (excludes halogenated alkanes) is 1. The van der Waals surface area contributed by atoms with E-state index in [-0.39, 0.29) is 5.91 Å². The van der Waals surface area contributed by atoms with Gasteiger partial charge >= 0.3 is 0 Å². The summed E-state index contributed by atoms with van der Waals surface area (Å²) >= 11 is 0. The number of ether oxygens (including phenoxy) is 2. The lowest BCUT2D eigenvalue weighted by Crippen LogP contribution is -2.51. The number of nitrogens with one attached hydrogen (secondary N) is 1. The maximum Gasteiger partial charge on any atom is 0.251 e. The maximum absolute atomic E-state index is 12.5. The van der Waals surface area contributed by atoms with Crippen LogP contribution in [0.3, 0.4) is 0 Å².